The lowest BCUT2D eigenvalue weighted by molar-refractivity contribution is -0.121. The van der Waals surface area contributed by atoms with E-state index in [2.05, 4.69) is 17.6 Å². The van der Waals surface area contributed by atoms with Crippen molar-refractivity contribution in [2.75, 3.05) is 13.2 Å². The highest BCUT2D eigenvalue weighted by molar-refractivity contribution is 5.78. The molecule has 5 heteroatoms. The van der Waals surface area contributed by atoms with Crippen LogP contribution < -0.4 is 10.6 Å². The summed E-state index contributed by atoms with van der Waals surface area (Å²) < 4.78 is 4.91. The number of carbonyl (C=O) groups is 2. The lowest BCUT2D eigenvalue weighted by Crippen LogP contribution is -2.34. The summed E-state index contributed by atoms with van der Waals surface area (Å²) in [6.07, 6.45) is 2.89. The second-order valence-corrected chi connectivity index (χ2v) is 5.09. The molecule has 0 saturated heterocycles. The largest absolute Gasteiger partial charge is 0.450 e. The van der Waals surface area contributed by atoms with Crippen LogP contribution in [0.5, 0.6) is 0 Å². The molecule has 0 bridgehead atoms. The van der Waals surface area contributed by atoms with E-state index in [1.165, 1.54) is 0 Å². The zero-order valence-corrected chi connectivity index (χ0v) is 13.4. The van der Waals surface area contributed by atoms with Crippen molar-refractivity contribution in [3.05, 3.63) is 35.9 Å². The molecule has 1 atom stereocenters. The molecule has 0 spiro atoms. The Labute approximate surface area is 132 Å². The second kappa shape index (κ2) is 10.7. The number of ether oxygens (including phenoxy) is 1. The number of rotatable bonds is 9. The van der Waals surface area contributed by atoms with Crippen LogP contribution in [-0.4, -0.2) is 25.2 Å². The van der Waals surface area contributed by atoms with Gasteiger partial charge in [-0.15, -0.1) is 0 Å². The van der Waals surface area contributed by atoms with Crippen molar-refractivity contribution >= 4 is 12.0 Å². The summed E-state index contributed by atoms with van der Waals surface area (Å²) in [5, 5.41) is 5.64. The van der Waals surface area contributed by atoms with Gasteiger partial charge in [-0.3, -0.25) is 4.79 Å². The molecular formula is C17H26N2O3. The molecule has 0 fully saturated rings. The molecule has 1 aromatic rings. The van der Waals surface area contributed by atoms with Gasteiger partial charge in [0.15, 0.2) is 0 Å². The van der Waals surface area contributed by atoms with Gasteiger partial charge in [0.05, 0.1) is 19.1 Å². The van der Waals surface area contributed by atoms with Crippen molar-refractivity contribution in [3.63, 3.8) is 0 Å². The Morgan fingerprint density at radius 2 is 1.86 bits per heavy atom. The molecule has 0 aliphatic rings. The van der Waals surface area contributed by atoms with E-state index in [1.807, 2.05) is 30.3 Å². The number of hydrogen-bond acceptors (Lipinski definition) is 3. The molecule has 122 valence electrons. The number of unbranched alkanes of at least 4 members (excludes halogenated alkanes) is 2. The predicted molar refractivity (Wildman–Crippen MR) is 86.5 cm³/mol. The molecular weight excluding hydrogens is 280 g/mol. The molecule has 0 saturated carbocycles. The van der Waals surface area contributed by atoms with Gasteiger partial charge in [0.1, 0.15) is 0 Å². The second-order valence-electron chi connectivity index (χ2n) is 5.09. The van der Waals surface area contributed by atoms with Gasteiger partial charge < -0.3 is 15.4 Å². The highest BCUT2D eigenvalue weighted by Gasteiger charge is 2.18. The highest BCUT2D eigenvalue weighted by atomic mass is 16.5. The number of benzene rings is 1. The van der Waals surface area contributed by atoms with Crippen LogP contribution in [0.3, 0.4) is 0 Å². The topological polar surface area (TPSA) is 67.4 Å². The van der Waals surface area contributed by atoms with Gasteiger partial charge in [0.2, 0.25) is 5.91 Å². The minimum atomic E-state index is -0.505. The average Bonchev–Trinajstić information content (AvgIpc) is 2.52. The summed E-state index contributed by atoms with van der Waals surface area (Å²) in [5.74, 6) is -0.0678. The first-order valence-electron chi connectivity index (χ1n) is 7.92. The normalized spacial score (nSPS) is 11.5. The Kier molecular flexibility index (Phi) is 8.72. The van der Waals surface area contributed by atoms with E-state index in [0.717, 1.165) is 24.8 Å². The first-order chi connectivity index (χ1) is 10.7. The summed E-state index contributed by atoms with van der Waals surface area (Å²) in [5.41, 5.74) is 0.888. The van der Waals surface area contributed by atoms with Crippen LogP contribution in [-0.2, 0) is 9.53 Å². The number of amides is 2. The van der Waals surface area contributed by atoms with Crippen molar-refractivity contribution < 1.29 is 14.3 Å². The molecule has 1 unspecified atom stereocenters. The Hall–Kier alpha value is -2.04. The van der Waals surface area contributed by atoms with E-state index in [9.17, 15) is 9.59 Å². The Bertz CT molecular complexity index is 448. The van der Waals surface area contributed by atoms with Crippen molar-refractivity contribution in [3.8, 4) is 0 Å². The number of alkyl carbamates (subject to hydrolysis) is 1. The molecule has 0 heterocycles. The SMILES string of the molecule is CCCCCNC(=O)CC(NC(=O)OCC)c1ccccc1. The van der Waals surface area contributed by atoms with E-state index in [4.69, 9.17) is 4.74 Å². The average molecular weight is 306 g/mol. The Morgan fingerprint density at radius 1 is 1.14 bits per heavy atom. The molecule has 5 nitrogen and oxygen atoms in total. The van der Waals surface area contributed by atoms with Crippen molar-refractivity contribution in [1.82, 2.24) is 10.6 Å². The summed E-state index contributed by atoms with van der Waals surface area (Å²) in [4.78, 5) is 23.7. The van der Waals surface area contributed by atoms with E-state index in [1.54, 1.807) is 6.92 Å². The van der Waals surface area contributed by atoms with Crippen LogP contribution in [0.1, 0.15) is 51.1 Å². The first kappa shape index (κ1) is 18.0. The highest BCUT2D eigenvalue weighted by Crippen LogP contribution is 2.16. The van der Waals surface area contributed by atoms with Crippen LogP contribution in [0.4, 0.5) is 4.79 Å². The summed E-state index contributed by atoms with van der Waals surface area (Å²) in [7, 11) is 0. The van der Waals surface area contributed by atoms with E-state index < -0.39 is 6.09 Å². The summed E-state index contributed by atoms with van der Waals surface area (Å²) in [6.45, 7) is 4.85. The molecule has 22 heavy (non-hydrogen) atoms. The third-order valence-electron chi connectivity index (χ3n) is 3.26. The molecule has 0 aliphatic carbocycles. The van der Waals surface area contributed by atoms with Crippen LogP contribution in [0.15, 0.2) is 30.3 Å². The van der Waals surface area contributed by atoms with Crippen molar-refractivity contribution in [2.45, 2.75) is 45.6 Å². The smallest absolute Gasteiger partial charge is 0.407 e. The van der Waals surface area contributed by atoms with Crippen LogP contribution in [0.25, 0.3) is 0 Å². The molecule has 0 radical (unpaired) electrons. The standard InChI is InChI=1S/C17H26N2O3/c1-3-5-9-12-18-16(20)13-15(19-17(21)22-4-2)14-10-7-6-8-11-14/h6-8,10-11,15H,3-5,9,12-13H2,1-2H3,(H,18,20)(H,19,21). The maximum Gasteiger partial charge on any atom is 0.407 e. The fourth-order valence-corrected chi connectivity index (χ4v) is 2.11. The van der Waals surface area contributed by atoms with Crippen molar-refractivity contribution in [2.24, 2.45) is 0 Å². The predicted octanol–water partition coefficient (Wildman–Crippen LogP) is 3.17. The quantitative estimate of drug-likeness (QED) is 0.689. The molecule has 2 amide bonds. The molecule has 0 aromatic heterocycles. The zero-order chi connectivity index (χ0) is 16.2. The third-order valence-corrected chi connectivity index (χ3v) is 3.26. The fraction of sp³-hybridized carbons (Fsp3) is 0.529. The molecule has 1 rings (SSSR count). The third kappa shape index (κ3) is 7.11. The van der Waals surface area contributed by atoms with Gasteiger partial charge in [-0.1, -0.05) is 50.1 Å². The number of carbonyl (C=O) groups excluding carboxylic acids is 2. The van der Waals surface area contributed by atoms with Gasteiger partial charge in [0, 0.05) is 6.54 Å². The van der Waals surface area contributed by atoms with Crippen LogP contribution in [0.2, 0.25) is 0 Å². The van der Waals surface area contributed by atoms with Crippen molar-refractivity contribution in [1.29, 1.82) is 0 Å². The van der Waals surface area contributed by atoms with E-state index in [-0.39, 0.29) is 18.4 Å². The molecule has 0 aliphatic heterocycles. The fourth-order valence-electron chi connectivity index (χ4n) is 2.11. The van der Waals surface area contributed by atoms with E-state index in [0.29, 0.717) is 13.2 Å². The minimum Gasteiger partial charge on any atom is -0.450 e. The minimum absolute atomic E-state index is 0.0678. The molecule has 2 N–H and O–H groups in total. The monoisotopic (exact) mass is 306 g/mol. The Balaban J connectivity index is 2.58. The maximum atomic E-state index is 12.0. The zero-order valence-electron chi connectivity index (χ0n) is 13.4. The van der Waals surface area contributed by atoms with Crippen LogP contribution >= 0.6 is 0 Å². The molecule has 1 aromatic carbocycles. The lowest BCUT2D eigenvalue weighted by atomic mass is 10.0. The summed E-state index contributed by atoms with van der Waals surface area (Å²) >= 11 is 0. The van der Waals surface area contributed by atoms with Gasteiger partial charge in [-0.05, 0) is 18.9 Å². The van der Waals surface area contributed by atoms with E-state index >= 15 is 0 Å². The van der Waals surface area contributed by atoms with Gasteiger partial charge in [0.25, 0.3) is 0 Å². The Morgan fingerprint density at radius 3 is 2.50 bits per heavy atom. The lowest BCUT2D eigenvalue weighted by Gasteiger charge is -2.18. The number of nitrogens with one attached hydrogen (secondary N) is 2. The van der Waals surface area contributed by atoms with Gasteiger partial charge >= 0.3 is 6.09 Å². The van der Waals surface area contributed by atoms with Gasteiger partial charge in [-0.25, -0.2) is 4.79 Å². The van der Waals surface area contributed by atoms with Crippen LogP contribution in [0, 0.1) is 0 Å². The maximum absolute atomic E-state index is 12.0. The summed E-state index contributed by atoms with van der Waals surface area (Å²) in [6, 6.07) is 9.06. The van der Waals surface area contributed by atoms with Gasteiger partial charge in [-0.2, -0.15) is 0 Å². The number of hydrogen-bond donors (Lipinski definition) is 2. The first-order valence-corrected chi connectivity index (χ1v) is 7.92.